The molecule has 0 saturated carbocycles. The minimum atomic E-state index is 0.0680. The summed E-state index contributed by atoms with van der Waals surface area (Å²) in [7, 11) is 0. The van der Waals surface area contributed by atoms with Gasteiger partial charge in [-0.25, -0.2) is 4.79 Å². The van der Waals surface area contributed by atoms with Crippen molar-refractivity contribution >= 4 is 23.2 Å². The number of carbonyl (C=O) groups excluding carboxylic acids is 1. The predicted octanol–water partition coefficient (Wildman–Crippen LogP) is 5.56. The zero-order valence-electron chi connectivity index (χ0n) is 20.6. The molecule has 0 radical (unpaired) electrons. The molecule has 2 heterocycles. The standard InChI is InChI=1S/C28H37ClN4O/c1-3-32(4-2)17-6-5-15-31-28(34)33-18-13-21(14-19-33)26-25-12-11-24(29)20-23(25)10-9-22-8-7-16-30-27(22)26/h7-8,11-12,16,20H,3-6,9-10,13-15,17-19H2,1-2H3,(H,31,34). The van der Waals surface area contributed by atoms with Gasteiger partial charge in [-0.15, -0.1) is 0 Å². The molecule has 2 amide bonds. The summed E-state index contributed by atoms with van der Waals surface area (Å²) < 4.78 is 0. The Morgan fingerprint density at radius 1 is 1.06 bits per heavy atom. The zero-order valence-corrected chi connectivity index (χ0v) is 21.3. The van der Waals surface area contributed by atoms with E-state index >= 15 is 0 Å². The summed E-state index contributed by atoms with van der Waals surface area (Å²) in [5, 5.41) is 3.91. The number of nitrogens with zero attached hydrogens (tertiary/aromatic N) is 3. The number of pyridine rings is 1. The fourth-order valence-electron chi connectivity index (χ4n) is 5.17. The van der Waals surface area contributed by atoms with Gasteiger partial charge < -0.3 is 15.1 Å². The molecular weight excluding hydrogens is 444 g/mol. The van der Waals surface area contributed by atoms with E-state index in [1.165, 1.54) is 27.8 Å². The molecule has 1 aliphatic heterocycles. The highest BCUT2D eigenvalue weighted by atomic mass is 35.5. The van der Waals surface area contributed by atoms with Crippen LogP contribution in [-0.2, 0) is 12.8 Å². The fraction of sp³-hybridized carbons (Fsp3) is 0.500. The lowest BCUT2D eigenvalue weighted by molar-refractivity contribution is 0.193. The van der Waals surface area contributed by atoms with E-state index in [2.05, 4.69) is 42.3 Å². The van der Waals surface area contributed by atoms with Crippen molar-refractivity contribution < 1.29 is 4.79 Å². The van der Waals surface area contributed by atoms with Gasteiger partial charge in [-0.1, -0.05) is 43.2 Å². The molecule has 4 rings (SSSR count). The second-order valence-electron chi connectivity index (χ2n) is 9.24. The first-order valence-electron chi connectivity index (χ1n) is 12.8. The third-order valence-corrected chi connectivity index (χ3v) is 7.44. The second kappa shape index (κ2) is 11.9. The number of unbranched alkanes of at least 4 members (excludes halogenated alkanes) is 1. The Kier molecular flexibility index (Phi) is 8.63. The number of fused-ring (bicyclic) bond motifs is 2. The number of amides is 2. The number of halogens is 1. The molecule has 1 saturated heterocycles. The smallest absolute Gasteiger partial charge is 0.317 e. The van der Waals surface area contributed by atoms with Gasteiger partial charge in [0.05, 0.1) is 5.69 Å². The van der Waals surface area contributed by atoms with Crippen LogP contribution in [0, 0.1) is 0 Å². The van der Waals surface area contributed by atoms with Gasteiger partial charge in [0, 0.05) is 36.4 Å². The molecule has 0 bridgehead atoms. The van der Waals surface area contributed by atoms with Crippen LogP contribution >= 0.6 is 11.6 Å². The third-order valence-electron chi connectivity index (χ3n) is 7.21. The van der Waals surface area contributed by atoms with Gasteiger partial charge in [0.15, 0.2) is 0 Å². The lowest BCUT2D eigenvalue weighted by Gasteiger charge is -2.30. The molecule has 2 aliphatic rings. The van der Waals surface area contributed by atoms with Gasteiger partial charge in [0.1, 0.15) is 0 Å². The Morgan fingerprint density at radius 2 is 1.82 bits per heavy atom. The number of rotatable bonds is 7. The van der Waals surface area contributed by atoms with Crippen molar-refractivity contribution in [1.82, 2.24) is 20.1 Å². The number of piperidine rings is 1. The molecule has 182 valence electrons. The van der Waals surface area contributed by atoms with Gasteiger partial charge in [0.25, 0.3) is 0 Å². The van der Waals surface area contributed by atoms with Gasteiger partial charge in [-0.3, -0.25) is 4.98 Å². The summed E-state index contributed by atoms with van der Waals surface area (Å²) in [5.41, 5.74) is 7.60. The van der Waals surface area contributed by atoms with Crippen LogP contribution in [0.4, 0.5) is 4.79 Å². The van der Waals surface area contributed by atoms with E-state index in [1.54, 1.807) is 0 Å². The average molecular weight is 481 g/mol. The molecule has 1 aliphatic carbocycles. The van der Waals surface area contributed by atoms with Gasteiger partial charge >= 0.3 is 6.03 Å². The molecule has 0 spiro atoms. The molecule has 0 atom stereocenters. The van der Waals surface area contributed by atoms with Crippen LogP contribution in [0.15, 0.2) is 42.1 Å². The van der Waals surface area contributed by atoms with Crippen LogP contribution in [0.5, 0.6) is 0 Å². The number of benzene rings is 1. The quantitative estimate of drug-likeness (QED) is 0.527. The molecule has 6 heteroatoms. The van der Waals surface area contributed by atoms with E-state index in [0.717, 1.165) is 88.5 Å². The SMILES string of the molecule is CCN(CC)CCCCNC(=O)N1CCC(=C2c3ccc(Cl)cc3CCc3cccnc32)CC1. The first-order valence-corrected chi connectivity index (χ1v) is 13.2. The molecule has 1 aromatic carbocycles. The van der Waals surface area contributed by atoms with Gasteiger partial charge in [0.2, 0.25) is 0 Å². The first-order chi connectivity index (χ1) is 16.6. The molecule has 2 aromatic rings. The maximum atomic E-state index is 12.7. The van der Waals surface area contributed by atoms with Crippen molar-refractivity contribution in [3.8, 4) is 0 Å². The Labute approximate surface area is 209 Å². The van der Waals surface area contributed by atoms with Crippen molar-refractivity contribution in [1.29, 1.82) is 0 Å². The van der Waals surface area contributed by atoms with Crippen molar-refractivity contribution in [3.63, 3.8) is 0 Å². The molecule has 0 unspecified atom stereocenters. The van der Waals surface area contributed by atoms with Crippen molar-refractivity contribution in [3.05, 3.63) is 69.5 Å². The van der Waals surface area contributed by atoms with E-state index in [9.17, 15) is 4.79 Å². The highest BCUT2D eigenvalue weighted by molar-refractivity contribution is 6.30. The summed E-state index contributed by atoms with van der Waals surface area (Å²) in [6.07, 6.45) is 7.72. The highest BCUT2D eigenvalue weighted by Crippen LogP contribution is 2.38. The second-order valence-corrected chi connectivity index (χ2v) is 9.68. The molecule has 34 heavy (non-hydrogen) atoms. The monoisotopic (exact) mass is 480 g/mol. The largest absolute Gasteiger partial charge is 0.338 e. The Hall–Kier alpha value is -2.37. The minimum absolute atomic E-state index is 0.0680. The van der Waals surface area contributed by atoms with Crippen LogP contribution in [0.1, 0.15) is 61.9 Å². The number of urea groups is 1. The normalized spacial score (nSPS) is 15.7. The number of likely N-dealkylation sites (tertiary alicyclic amines) is 1. The van der Waals surface area contributed by atoms with Crippen molar-refractivity contribution in [2.75, 3.05) is 39.3 Å². The number of aryl methyl sites for hydroxylation is 2. The topological polar surface area (TPSA) is 48.5 Å². The van der Waals surface area contributed by atoms with Gasteiger partial charge in [-0.2, -0.15) is 0 Å². The summed E-state index contributed by atoms with van der Waals surface area (Å²) >= 11 is 6.34. The van der Waals surface area contributed by atoms with Crippen molar-refractivity contribution in [2.45, 2.75) is 52.4 Å². The van der Waals surface area contributed by atoms with Crippen LogP contribution in [-0.4, -0.2) is 60.1 Å². The fourth-order valence-corrected chi connectivity index (χ4v) is 5.37. The molecule has 1 fully saturated rings. The minimum Gasteiger partial charge on any atom is -0.338 e. The predicted molar refractivity (Wildman–Crippen MR) is 140 cm³/mol. The number of hydrogen-bond acceptors (Lipinski definition) is 3. The number of carbonyl (C=O) groups is 1. The zero-order chi connectivity index (χ0) is 23.9. The Bertz CT molecular complexity index is 1020. The lowest BCUT2D eigenvalue weighted by atomic mass is 9.88. The highest BCUT2D eigenvalue weighted by Gasteiger charge is 2.26. The maximum absolute atomic E-state index is 12.7. The maximum Gasteiger partial charge on any atom is 0.317 e. The number of hydrogen-bond donors (Lipinski definition) is 1. The van der Waals surface area contributed by atoms with E-state index in [4.69, 9.17) is 16.6 Å². The first kappa shape index (κ1) is 24.7. The number of aromatic nitrogens is 1. The molecule has 1 aromatic heterocycles. The Balaban J connectivity index is 1.42. The van der Waals surface area contributed by atoms with Gasteiger partial charge in [-0.05, 0) is 93.0 Å². The lowest BCUT2D eigenvalue weighted by Crippen LogP contribution is -2.43. The van der Waals surface area contributed by atoms with Crippen LogP contribution in [0.2, 0.25) is 5.02 Å². The molecule has 5 nitrogen and oxygen atoms in total. The molecular formula is C28H37ClN4O. The van der Waals surface area contributed by atoms with E-state index in [1.807, 2.05) is 23.2 Å². The third kappa shape index (κ3) is 5.81. The summed E-state index contributed by atoms with van der Waals surface area (Å²) in [5.74, 6) is 0. The number of nitrogens with one attached hydrogen (secondary N) is 1. The van der Waals surface area contributed by atoms with Crippen LogP contribution in [0.25, 0.3) is 5.57 Å². The summed E-state index contributed by atoms with van der Waals surface area (Å²) in [6.45, 7) is 9.91. The van der Waals surface area contributed by atoms with Crippen LogP contribution in [0.3, 0.4) is 0 Å². The average Bonchev–Trinajstić information content (AvgIpc) is 3.03. The van der Waals surface area contributed by atoms with E-state index < -0.39 is 0 Å². The summed E-state index contributed by atoms with van der Waals surface area (Å²) in [6, 6.07) is 10.5. The Morgan fingerprint density at radius 3 is 2.59 bits per heavy atom. The van der Waals surface area contributed by atoms with E-state index in [0.29, 0.717) is 0 Å². The summed E-state index contributed by atoms with van der Waals surface area (Å²) in [4.78, 5) is 21.9. The van der Waals surface area contributed by atoms with Crippen molar-refractivity contribution in [2.24, 2.45) is 0 Å². The molecule has 1 N–H and O–H groups in total. The van der Waals surface area contributed by atoms with E-state index in [-0.39, 0.29) is 6.03 Å². The van der Waals surface area contributed by atoms with Crippen LogP contribution < -0.4 is 5.32 Å².